The summed E-state index contributed by atoms with van der Waals surface area (Å²) in [7, 11) is -3.42. The molecule has 4 nitrogen and oxygen atoms in total. The lowest BCUT2D eigenvalue weighted by molar-refractivity contribution is 0.0370. The molecule has 1 unspecified atom stereocenters. The Labute approximate surface area is 184 Å². The van der Waals surface area contributed by atoms with Crippen molar-refractivity contribution in [3.63, 3.8) is 0 Å². The van der Waals surface area contributed by atoms with Gasteiger partial charge >= 0.3 is 0 Å². The molecule has 0 aromatic heterocycles. The van der Waals surface area contributed by atoms with Crippen LogP contribution in [0.4, 0.5) is 0 Å². The van der Waals surface area contributed by atoms with Crippen molar-refractivity contribution in [2.24, 2.45) is 5.92 Å². The van der Waals surface area contributed by atoms with Crippen LogP contribution in [0.1, 0.15) is 13.3 Å². The Morgan fingerprint density at radius 1 is 1.03 bits per heavy atom. The molecule has 0 aliphatic carbocycles. The largest absolute Gasteiger partial charge is 0.379 e. The molecule has 0 N–H and O–H groups in total. The van der Waals surface area contributed by atoms with Crippen LogP contribution < -0.4 is 0 Å². The van der Waals surface area contributed by atoms with Crippen molar-refractivity contribution < 1.29 is 13.2 Å². The summed E-state index contributed by atoms with van der Waals surface area (Å²) in [6, 6.07) is 17.4. The van der Waals surface area contributed by atoms with Gasteiger partial charge in [0, 0.05) is 22.9 Å². The molecule has 0 saturated carbocycles. The first-order valence-corrected chi connectivity index (χ1v) is 13.0. The molecular formula is C22H29NO3S3. The fourth-order valence-corrected chi connectivity index (χ4v) is 6.72. The average Bonchev–Trinajstić information content (AvgIpc) is 2.75. The van der Waals surface area contributed by atoms with E-state index in [-0.39, 0.29) is 5.92 Å². The predicted octanol–water partition coefficient (Wildman–Crippen LogP) is 4.27. The van der Waals surface area contributed by atoms with Crippen LogP contribution in [0.2, 0.25) is 0 Å². The summed E-state index contributed by atoms with van der Waals surface area (Å²) in [5.41, 5.74) is 0. The Kier molecular flexibility index (Phi) is 8.50. The standard InChI is InChI=1S/C22H29NO3S3/c1-18(17-27)22(11-12-23-13-15-26-16-14-23)29(24,25)21-9-7-20(8-10-21)28-19-5-3-2-4-6-19/h2-10,18,22,27H,11-17H2,1H3/t18-,22?/m1/s1. The van der Waals surface area contributed by atoms with Crippen molar-refractivity contribution in [3.05, 3.63) is 54.6 Å². The third-order valence-electron chi connectivity index (χ3n) is 5.29. The van der Waals surface area contributed by atoms with Gasteiger partial charge in [0.15, 0.2) is 9.84 Å². The second-order valence-electron chi connectivity index (χ2n) is 7.37. The van der Waals surface area contributed by atoms with Gasteiger partial charge in [0.05, 0.1) is 23.4 Å². The number of benzene rings is 2. The Balaban J connectivity index is 1.72. The average molecular weight is 452 g/mol. The van der Waals surface area contributed by atoms with Crippen molar-refractivity contribution in [3.8, 4) is 0 Å². The van der Waals surface area contributed by atoms with Crippen molar-refractivity contribution in [2.75, 3.05) is 38.6 Å². The molecule has 3 rings (SSSR count). The number of rotatable bonds is 9. The first kappa shape index (κ1) is 22.7. The zero-order chi connectivity index (χ0) is 20.7. The van der Waals surface area contributed by atoms with E-state index in [1.807, 2.05) is 49.4 Å². The molecule has 1 heterocycles. The van der Waals surface area contributed by atoms with Gasteiger partial charge in [-0.05, 0) is 61.0 Å². The fourth-order valence-electron chi connectivity index (χ4n) is 3.49. The first-order valence-electron chi connectivity index (χ1n) is 9.98. The summed E-state index contributed by atoms with van der Waals surface area (Å²) in [4.78, 5) is 4.85. The summed E-state index contributed by atoms with van der Waals surface area (Å²) in [5, 5.41) is -0.435. The minimum absolute atomic E-state index is 0.0113. The molecule has 0 radical (unpaired) electrons. The quantitative estimate of drug-likeness (QED) is 0.577. The SMILES string of the molecule is C[C@H](CS)C(CCN1CCOCC1)S(=O)(=O)c1ccc(Sc2ccccc2)cc1. The number of ether oxygens (including phenoxy) is 1. The van der Waals surface area contributed by atoms with Crippen LogP contribution in [-0.2, 0) is 14.6 Å². The highest BCUT2D eigenvalue weighted by molar-refractivity contribution is 7.99. The molecule has 1 saturated heterocycles. The van der Waals surface area contributed by atoms with E-state index in [2.05, 4.69) is 17.5 Å². The second kappa shape index (κ2) is 10.9. The van der Waals surface area contributed by atoms with Gasteiger partial charge in [-0.15, -0.1) is 0 Å². The van der Waals surface area contributed by atoms with Crippen molar-refractivity contribution in [1.82, 2.24) is 4.90 Å². The summed E-state index contributed by atoms with van der Waals surface area (Å²) < 4.78 is 32.2. The minimum Gasteiger partial charge on any atom is -0.379 e. The molecule has 2 aromatic carbocycles. The molecule has 0 spiro atoms. The summed E-state index contributed by atoms with van der Waals surface area (Å²) in [6.07, 6.45) is 0.616. The number of hydrogen-bond acceptors (Lipinski definition) is 6. The Morgan fingerprint density at radius 2 is 1.66 bits per heavy atom. The lowest BCUT2D eigenvalue weighted by Gasteiger charge is -2.30. The van der Waals surface area contributed by atoms with E-state index in [0.29, 0.717) is 17.1 Å². The molecule has 29 heavy (non-hydrogen) atoms. The highest BCUT2D eigenvalue weighted by Crippen LogP contribution is 2.30. The molecule has 1 fully saturated rings. The Bertz CT molecular complexity index is 851. The summed E-state index contributed by atoms with van der Waals surface area (Å²) >= 11 is 6.02. The Hall–Kier alpha value is -0.990. The maximum absolute atomic E-state index is 13.4. The second-order valence-corrected chi connectivity index (χ2v) is 11.1. The van der Waals surface area contributed by atoms with E-state index in [4.69, 9.17) is 4.74 Å². The van der Waals surface area contributed by atoms with Gasteiger partial charge in [-0.3, -0.25) is 4.90 Å². The van der Waals surface area contributed by atoms with Crippen molar-refractivity contribution in [2.45, 2.75) is 33.3 Å². The van der Waals surface area contributed by atoms with E-state index < -0.39 is 15.1 Å². The molecule has 2 atom stereocenters. The van der Waals surface area contributed by atoms with Gasteiger partial charge in [-0.2, -0.15) is 12.6 Å². The zero-order valence-electron chi connectivity index (χ0n) is 16.7. The highest BCUT2D eigenvalue weighted by atomic mass is 32.2. The number of morpholine rings is 1. The third-order valence-corrected chi connectivity index (χ3v) is 9.30. The topological polar surface area (TPSA) is 46.6 Å². The Morgan fingerprint density at radius 3 is 2.28 bits per heavy atom. The zero-order valence-corrected chi connectivity index (χ0v) is 19.3. The normalized spacial score (nSPS) is 17.7. The van der Waals surface area contributed by atoms with E-state index in [9.17, 15) is 8.42 Å². The predicted molar refractivity (Wildman–Crippen MR) is 123 cm³/mol. The highest BCUT2D eigenvalue weighted by Gasteiger charge is 2.32. The smallest absolute Gasteiger partial charge is 0.181 e. The molecule has 0 bridgehead atoms. The van der Waals surface area contributed by atoms with E-state index in [1.165, 1.54) is 0 Å². The number of hydrogen-bond donors (Lipinski definition) is 1. The molecular weight excluding hydrogens is 422 g/mol. The molecule has 7 heteroatoms. The van der Waals surface area contributed by atoms with E-state index >= 15 is 0 Å². The van der Waals surface area contributed by atoms with Gasteiger partial charge in [0.2, 0.25) is 0 Å². The molecule has 158 valence electrons. The molecule has 1 aliphatic heterocycles. The van der Waals surface area contributed by atoms with Gasteiger partial charge in [0.1, 0.15) is 0 Å². The van der Waals surface area contributed by atoms with Crippen LogP contribution in [0, 0.1) is 5.92 Å². The maximum atomic E-state index is 13.4. The van der Waals surface area contributed by atoms with Crippen LogP contribution >= 0.6 is 24.4 Å². The fraction of sp³-hybridized carbons (Fsp3) is 0.455. The molecule has 1 aliphatic rings. The van der Waals surface area contributed by atoms with Crippen LogP contribution in [0.5, 0.6) is 0 Å². The van der Waals surface area contributed by atoms with Crippen LogP contribution in [-0.4, -0.2) is 57.2 Å². The van der Waals surface area contributed by atoms with Crippen LogP contribution in [0.25, 0.3) is 0 Å². The van der Waals surface area contributed by atoms with Gasteiger partial charge in [-0.1, -0.05) is 36.9 Å². The van der Waals surface area contributed by atoms with Gasteiger partial charge < -0.3 is 4.74 Å². The summed E-state index contributed by atoms with van der Waals surface area (Å²) in [5.74, 6) is 0.539. The first-order chi connectivity index (χ1) is 14.0. The van der Waals surface area contributed by atoms with E-state index in [1.54, 1.807) is 23.9 Å². The van der Waals surface area contributed by atoms with Gasteiger partial charge in [0.25, 0.3) is 0 Å². The van der Waals surface area contributed by atoms with Crippen LogP contribution in [0.3, 0.4) is 0 Å². The minimum atomic E-state index is -3.42. The van der Waals surface area contributed by atoms with E-state index in [0.717, 1.165) is 42.6 Å². The monoisotopic (exact) mass is 451 g/mol. The maximum Gasteiger partial charge on any atom is 0.181 e. The van der Waals surface area contributed by atoms with Gasteiger partial charge in [-0.25, -0.2) is 8.42 Å². The number of thiol groups is 1. The van der Waals surface area contributed by atoms with Crippen molar-refractivity contribution in [1.29, 1.82) is 0 Å². The number of sulfone groups is 1. The van der Waals surface area contributed by atoms with Crippen molar-refractivity contribution >= 4 is 34.2 Å². The lowest BCUT2D eigenvalue weighted by Crippen LogP contribution is -2.40. The summed E-state index contributed by atoms with van der Waals surface area (Å²) in [6.45, 7) is 5.93. The third kappa shape index (κ3) is 6.25. The molecule has 0 amide bonds. The van der Waals surface area contributed by atoms with Crippen LogP contribution in [0.15, 0.2) is 69.3 Å². The molecule has 2 aromatic rings. The lowest BCUT2D eigenvalue weighted by atomic mass is 10.1. The number of nitrogens with zero attached hydrogens (tertiary/aromatic N) is 1.